The van der Waals surface area contributed by atoms with Gasteiger partial charge in [0, 0.05) is 28.4 Å². The van der Waals surface area contributed by atoms with Gasteiger partial charge < -0.3 is 18.9 Å². The molecule has 0 N–H and O–H groups in total. The molecule has 8 nitrogen and oxygen atoms in total. The lowest BCUT2D eigenvalue weighted by molar-refractivity contribution is -0.0526. The van der Waals surface area contributed by atoms with Crippen LogP contribution in [-0.4, -0.2) is 55.3 Å². The fourth-order valence-corrected chi connectivity index (χ4v) is 1.77. The summed E-state index contributed by atoms with van der Waals surface area (Å²) in [6, 6.07) is 0. The Bertz CT molecular complexity index is 443. The van der Waals surface area contributed by atoms with Crippen molar-refractivity contribution < 1.29 is 18.9 Å². The highest BCUT2D eigenvalue weighted by molar-refractivity contribution is 5.85. The summed E-state index contributed by atoms with van der Waals surface area (Å²) >= 11 is 0. The molecule has 0 spiro atoms. The molecule has 1 aromatic rings. The smallest absolute Gasteiger partial charge is 0.198 e. The Morgan fingerprint density at radius 1 is 0.905 bits per heavy atom. The van der Waals surface area contributed by atoms with Gasteiger partial charge in [0.25, 0.3) is 0 Å². The summed E-state index contributed by atoms with van der Waals surface area (Å²) in [6.07, 6.45) is -1.05. The first-order valence-corrected chi connectivity index (χ1v) is 6.61. The number of hydrogen-bond donors (Lipinski definition) is 0. The lowest BCUT2D eigenvalue weighted by Gasteiger charge is -2.16. The van der Waals surface area contributed by atoms with E-state index >= 15 is 0 Å². The van der Waals surface area contributed by atoms with Gasteiger partial charge in [0.15, 0.2) is 17.9 Å². The normalized spacial score (nSPS) is 15.5. The number of rotatable bonds is 8. The highest BCUT2D eigenvalue weighted by Gasteiger charge is 2.22. The van der Waals surface area contributed by atoms with Crippen molar-refractivity contribution in [1.82, 2.24) is 14.9 Å². The fraction of sp³-hybridized carbons (Fsp3) is 0.769. The highest BCUT2D eigenvalue weighted by atomic mass is 16.7. The van der Waals surface area contributed by atoms with Crippen LogP contribution in [0.5, 0.6) is 0 Å². The SMILES string of the molecule is COC(OC)C(C)=Nn1c([C@H](C)OC)nnc1[C@H](C)OC. The van der Waals surface area contributed by atoms with E-state index in [0.29, 0.717) is 17.4 Å². The summed E-state index contributed by atoms with van der Waals surface area (Å²) in [5, 5.41) is 12.8. The summed E-state index contributed by atoms with van der Waals surface area (Å²) < 4.78 is 22.6. The van der Waals surface area contributed by atoms with E-state index in [1.165, 1.54) is 0 Å². The van der Waals surface area contributed by atoms with Gasteiger partial charge in [0.1, 0.15) is 12.2 Å². The van der Waals surface area contributed by atoms with Gasteiger partial charge in [-0.2, -0.15) is 9.78 Å². The molecule has 21 heavy (non-hydrogen) atoms. The molecule has 1 aromatic heterocycles. The van der Waals surface area contributed by atoms with E-state index < -0.39 is 6.29 Å². The summed E-state index contributed by atoms with van der Waals surface area (Å²) in [4.78, 5) is 0. The molecule has 0 fully saturated rings. The van der Waals surface area contributed by atoms with Crippen LogP contribution in [-0.2, 0) is 18.9 Å². The lowest BCUT2D eigenvalue weighted by atomic mass is 10.3. The van der Waals surface area contributed by atoms with Crippen LogP contribution in [0.3, 0.4) is 0 Å². The maximum Gasteiger partial charge on any atom is 0.198 e. The minimum atomic E-state index is -0.538. The van der Waals surface area contributed by atoms with Crippen LogP contribution in [0.15, 0.2) is 5.10 Å². The standard InChI is InChI=1S/C13H24N4O4/c1-8(13(20-6)21-7)16-17-11(9(2)18-4)14-15-12(17)10(3)19-5/h9-10,13H,1-7H3/t9-,10-/m0/s1. The minimum Gasteiger partial charge on any atom is -0.374 e. The van der Waals surface area contributed by atoms with E-state index in [1.54, 1.807) is 40.0 Å². The van der Waals surface area contributed by atoms with Crippen molar-refractivity contribution in [2.45, 2.75) is 39.3 Å². The van der Waals surface area contributed by atoms with Crippen LogP contribution < -0.4 is 0 Å². The number of hydrogen-bond acceptors (Lipinski definition) is 7. The van der Waals surface area contributed by atoms with Crippen LogP contribution in [0.4, 0.5) is 0 Å². The average Bonchev–Trinajstić information content (AvgIpc) is 2.90. The van der Waals surface area contributed by atoms with Crippen molar-refractivity contribution in [3.63, 3.8) is 0 Å². The second-order valence-electron chi connectivity index (χ2n) is 4.53. The van der Waals surface area contributed by atoms with E-state index in [1.807, 2.05) is 13.8 Å². The predicted octanol–water partition coefficient (Wildman–Crippen LogP) is 1.54. The number of nitrogens with zero attached hydrogens (tertiary/aromatic N) is 4. The van der Waals surface area contributed by atoms with Gasteiger partial charge in [0.2, 0.25) is 0 Å². The van der Waals surface area contributed by atoms with Crippen LogP contribution in [0, 0.1) is 0 Å². The zero-order chi connectivity index (χ0) is 16.0. The third-order valence-electron chi connectivity index (χ3n) is 3.15. The Labute approximate surface area is 125 Å². The monoisotopic (exact) mass is 300 g/mol. The molecule has 8 heteroatoms. The molecule has 1 rings (SSSR count). The Hall–Kier alpha value is -1.35. The molecular formula is C13H24N4O4. The van der Waals surface area contributed by atoms with Crippen LogP contribution >= 0.6 is 0 Å². The summed E-state index contributed by atoms with van der Waals surface area (Å²) in [6.45, 7) is 5.55. The predicted molar refractivity (Wildman–Crippen MR) is 77.2 cm³/mol. The van der Waals surface area contributed by atoms with Gasteiger partial charge in [-0.05, 0) is 20.8 Å². The average molecular weight is 300 g/mol. The first kappa shape index (κ1) is 17.7. The second-order valence-corrected chi connectivity index (χ2v) is 4.53. The van der Waals surface area contributed by atoms with Gasteiger partial charge in [-0.15, -0.1) is 10.2 Å². The third-order valence-corrected chi connectivity index (χ3v) is 3.15. The molecule has 0 unspecified atom stereocenters. The minimum absolute atomic E-state index is 0.254. The molecule has 2 atom stereocenters. The molecule has 0 radical (unpaired) electrons. The third kappa shape index (κ3) is 4.07. The Morgan fingerprint density at radius 3 is 1.67 bits per heavy atom. The number of aromatic nitrogens is 3. The highest BCUT2D eigenvalue weighted by Crippen LogP contribution is 2.20. The maximum atomic E-state index is 5.30. The zero-order valence-electron chi connectivity index (χ0n) is 13.7. The van der Waals surface area contributed by atoms with E-state index in [2.05, 4.69) is 15.3 Å². The Kier molecular flexibility index (Phi) is 6.90. The van der Waals surface area contributed by atoms with Crippen molar-refractivity contribution in [2.24, 2.45) is 5.10 Å². The maximum absolute atomic E-state index is 5.30. The van der Waals surface area contributed by atoms with Crippen molar-refractivity contribution in [2.75, 3.05) is 28.4 Å². The van der Waals surface area contributed by atoms with Crippen LogP contribution in [0.2, 0.25) is 0 Å². The molecule has 0 saturated heterocycles. The van der Waals surface area contributed by atoms with E-state index in [0.717, 1.165) is 0 Å². The molecular weight excluding hydrogens is 276 g/mol. The molecule has 0 saturated carbocycles. The quantitative estimate of drug-likeness (QED) is 0.535. The molecule has 0 aromatic carbocycles. The zero-order valence-corrected chi connectivity index (χ0v) is 13.7. The Morgan fingerprint density at radius 2 is 1.33 bits per heavy atom. The Balaban J connectivity index is 3.29. The van der Waals surface area contributed by atoms with Crippen molar-refractivity contribution in [1.29, 1.82) is 0 Å². The first-order chi connectivity index (χ1) is 9.99. The van der Waals surface area contributed by atoms with E-state index in [4.69, 9.17) is 18.9 Å². The molecule has 120 valence electrons. The summed E-state index contributed by atoms with van der Waals surface area (Å²) in [5.41, 5.74) is 0.633. The second kappa shape index (κ2) is 8.18. The summed E-state index contributed by atoms with van der Waals surface area (Å²) in [7, 11) is 6.31. The van der Waals surface area contributed by atoms with Gasteiger partial charge in [-0.25, -0.2) is 0 Å². The first-order valence-electron chi connectivity index (χ1n) is 6.61. The topological polar surface area (TPSA) is 80.0 Å². The van der Waals surface area contributed by atoms with E-state index in [-0.39, 0.29) is 12.2 Å². The largest absolute Gasteiger partial charge is 0.374 e. The summed E-state index contributed by atoms with van der Waals surface area (Å²) in [5.74, 6) is 1.17. The van der Waals surface area contributed by atoms with Gasteiger partial charge >= 0.3 is 0 Å². The fourth-order valence-electron chi connectivity index (χ4n) is 1.77. The van der Waals surface area contributed by atoms with Gasteiger partial charge in [-0.3, -0.25) is 0 Å². The van der Waals surface area contributed by atoms with Crippen molar-refractivity contribution in [3.05, 3.63) is 11.6 Å². The molecule has 1 heterocycles. The molecule has 0 bridgehead atoms. The van der Waals surface area contributed by atoms with Crippen molar-refractivity contribution >= 4 is 5.71 Å². The number of methoxy groups -OCH3 is 4. The number of ether oxygens (including phenoxy) is 4. The van der Waals surface area contributed by atoms with Gasteiger partial charge in [-0.1, -0.05) is 0 Å². The van der Waals surface area contributed by atoms with Crippen LogP contribution in [0.1, 0.15) is 44.6 Å². The van der Waals surface area contributed by atoms with E-state index in [9.17, 15) is 0 Å². The lowest BCUT2D eigenvalue weighted by Crippen LogP contribution is -2.24. The molecule has 0 aliphatic rings. The van der Waals surface area contributed by atoms with Crippen LogP contribution in [0.25, 0.3) is 0 Å². The molecule has 0 amide bonds. The molecule has 0 aliphatic carbocycles. The van der Waals surface area contributed by atoms with Crippen molar-refractivity contribution in [3.8, 4) is 0 Å². The molecule has 0 aliphatic heterocycles. The van der Waals surface area contributed by atoms with Gasteiger partial charge in [0.05, 0.1) is 5.71 Å².